The number of aryl methyl sites for hydroxylation is 1. The van der Waals surface area contributed by atoms with Gasteiger partial charge in [0.25, 0.3) is 0 Å². The van der Waals surface area contributed by atoms with Crippen LogP contribution in [0.1, 0.15) is 29.7 Å². The summed E-state index contributed by atoms with van der Waals surface area (Å²) < 4.78 is 37.9. The molecule has 1 aliphatic rings. The van der Waals surface area contributed by atoms with Crippen LogP contribution < -0.4 is 5.32 Å². The van der Waals surface area contributed by atoms with Crippen LogP contribution in [0.4, 0.5) is 18.0 Å². The first-order valence-corrected chi connectivity index (χ1v) is 8.58. The lowest BCUT2D eigenvalue weighted by Crippen LogP contribution is -2.47. The Morgan fingerprint density at radius 3 is 2.81 bits per heavy atom. The fourth-order valence-electron chi connectivity index (χ4n) is 3.12. The molecule has 2 N–H and O–H groups in total. The largest absolute Gasteiger partial charge is 0.390 e. The highest BCUT2D eigenvalue weighted by atomic mass is 19.4. The van der Waals surface area contributed by atoms with Gasteiger partial charge in [-0.3, -0.25) is 5.10 Å². The molecule has 1 unspecified atom stereocenters. The minimum Gasteiger partial charge on any atom is -0.335 e. The van der Waals surface area contributed by atoms with Crippen LogP contribution in [0.2, 0.25) is 0 Å². The molecule has 0 fully saturated rings. The van der Waals surface area contributed by atoms with E-state index in [2.05, 4.69) is 15.5 Å². The van der Waals surface area contributed by atoms with E-state index >= 15 is 0 Å². The Bertz CT molecular complexity index is 730. The van der Waals surface area contributed by atoms with Crippen molar-refractivity contribution in [1.29, 1.82) is 0 Å². The average molecular weight is 366 g/mol. The summed E-state index contributed by atoms with van der Waals surface area (Å²) in [6, 6.07) is 8.46. The number of urea groups is 1. The Morgan fingerprint density at radius 2 is 2.08 bits per heavy atom. The molecule has 1 atom stereocenters. The average Bonchev–Trinajstić information content (AvgIpc) is 3.06. The molecule has 2 amide bonds. The first-order chi connectivity index (χ1) is 12.4. The third-order valence-corrected chi connectivity index (χ3v) is 4.51. The van der Waals surface area contributed by atoms with Gasteiger partial charge in [0.05, 0.1) is 12.6 Å². The summed E-state index contributed by atoms with van der Waals surface area (Å²) in [4.78, 5) is 13.8. The van der Waals surface area contributed by atoms with Crippen LogP contribution in [0.5, 0.6) is 0 Å². The Hall–Kier alpha value is -2.51. The molecule has 1 aliphatic carbocycles. The molecule has 1 heterocycles. The van der Waals surface area contributed by atoms with E-state index in [1.165, 1.54) is 4.90 Å². The zero-order chi connectivity index (χ0) is 18.6. The molecule has 0 spiro atoms. The third-order valence-electron chi connectivity index (χ3n) is 4.51. The number of hydrogen-bond donors (Lipinski definition) is 2. The zero-order valence-corrected chi connectivity index (χ0v) is 14.2. The molecule has 1 aromatic heterocycles. The van der Waals surface area contributed by atoms with Crippen LogP contribution in [-0.4, -0.2) is 39.9 Å². The van der Waals surface area contributed by atoms with E-state index in [1.54, 1.807) is 30.5 Å². The van der Waals surface area contributed by atoms with Gasteiger partial charge in [0.15, 0.2) is 0 Å². The zero-order valence-electron chi connectivity index (χ0n) is 14.2. The number of benzene rings is 1. The minimum absolute atomic E-state index is 0.100. The number of carbonyl (C=O) groups is 1. The third kappa shape index (κ3) is 5.00. The van der Waals surface area contributed by atoms with E-state index in [0.717, 1.165) is 29.7 Å². The lowest BCUT2D eigenvalue weighted by molar-refractivity contribution is -0.136. The van der Waals surface area contributed by atoms with Crippen LogP contribution >= 0.6 is 0 Å². The molecular weight excluding hydrogens is 345 g/mol. The molecule has 1 aromatic carbocycles. The Balaban J connectivity index is 1.64. The van der Waals surface area contributed by atoms with Crippen molar-refractivity contribution < 1.29 is 18.0 Å². The lowest BCUT2D eigenvalue weighted by atomic mass is 9.94. The van der Waals surface area contributed by atoms with Gasteiger partial charge in [-0.15, -0.1) is 0 Å². The normalized spacial score (nSPS) is 16.8. The number of nitrogens with zero attached hydrogens (tertiary/aromatic N) is 2. The number of halogens is 3. The standard InChI is InChI=1S/C18H21F3N4O/c19-18(20,21)8-9-25(12-13-4-2-1-3-5-13)17(26)23-15-6-7-16-14(10-15)11-22-24-16/h1-5,11,15H,6-10,12H2,(H,22,24)(H,23,26). The van der Waals surface area contributed by atoms with Crippen molar-refractivity contribution in [2.75, 3.05) is 6.54 Å². The van der Waals surface area contributed by atoms with Gasteiger partial charge in [-0.2, -0.15) is 18.3 Å². The summed E-state index contributed by atoms with van der Waals surface area (Å²) in [6.07, 6.45) is -1.45. The molecular formula is C18H21F3N4O. The maximum absolute atomic E-state index is 12.6. The fourth-order valence-corrected chi connectivity index (χ4v) is 3.12. The van der Waals surface area contributed by atoms with E-state index in [9.17, 15) is 18.0 Å². The molecule has 0 aliphatic heterocycles. The SMILES string of the molecule is O=C(NC1CCc2[nH]ncc2C1)N(CCC(F)(F)F)Cc1ccccc1. The monoisotopic (exact) mass is 366 g/mol. The number of H-pyrrole nitrogens is 1. The Labute approximate surface area is 149 Å². The summed E-state index contributed by atoms with van der Waals surface area (Å²) in [7, 11) is 0. The minimum atomic E-state index is -4.30. The summed E-state index contributed by atoms with van der Waals surface area (Å²) in [5.74, 6) is 0. The number of amides is 2. The summed E-state index contributed by atoms with van der Waals surface area (Å²) in [6.45, 7) is -0.222. The predicted octanol–water partition coefficient (Wildman–Crippen LogP) is 3.43. The van der Waals surface area contributed by atoms with Gasteiger partial charge in [-0.25, -0.2) is 4.79 Å². The maximum atomic E-state index is 12.6. The second kappa shape index (κ2) is 7.80. The summed E-state index contributed by atoms with van der Waals surface area (Å²) in [5.41, 5.74) is 2.91. The van der Waals surface area contributed by atoms with Crippen LogP contribution in [-0.2, 0) is 19.4 Å². The second-order valence-corrected chi connectivity index (χ2v) is 6.54. The van der Waals surface area contributed by atoms with Gasteiger partial charge in [0.1, 0.15) is 0 Å². The van der Waals surface area contributed by atoms with Crippen molar-refractivity contribution >= 4 is 6.03 Å². The molecule has 0 bridgehead atoms. The molecule has 2 aromatic rings. The van der Waals surface area contributed by atoms with Gasteiger partial charge in [0, 0.05) is 24.8 Å². The van der Waals surface area contributed by atoms with Gasteiger partial charge >= 0.3 is 12.2 Å². The molecule has 26 heavy (non-hydrogen) atoms. The van der Waals surface area contributed by atoms with Crippen molar-refractivity contribution in [3.05, 3.63) is 53.3 Å². The fraction of sp³-hybridized carbons (Fsp3) is 0.444. The predicted molar refractivity (Wildman–Crippen MR) is 90.5 cm³/mol. The van der Waals surface area contributed by atoms with Crippen molar-refractivity contribution in [3.8, 4) is 0 Å². The smallest absolute Gasteiger partial charge is 0.335 e. The number of aromatic amines is 1. The molecule has 140 valence electrons. The quantitative estimate of drug-likeness (QED) is 0.852. The number of hydrogen-bond acceptors (Lipinski definition) is 2. The topological polar surface area (TPSA) is 61.0 Å². The van der Waals surface area contributed by atoms with Crippen LogP contribution in [0.15, 0.2) is 36.5 Å². The van der Waals surface area contributed by atoms with Crippen LogP contribution in [0.25, 0.3) is 0 Å². The molecule has 3 rings (SSSR count). The molecule has 0 saturated carbocycles. The van der Waals surface area contributed by atoms with E-state index in [4.69, 9.17) is 0 Å². The van der Waals surface area contributed by atoms with Gasteiger partial charge < -0.3 is 10.2 Å². The number of alkyl halides is 3. The van der Waals surface area contributed by atoms with E-state index in [-0.39, 0.29) is 19.1 Å². The summed E-state index contributed by atoms with van der Waals surface area (Å²) >= 11 is 0. The van der Waals surface area contributed by atoms with Gasteiger partial charge in [0.2, 0.25) is 0 Å². The Kier molecular flexibility index (Phi) is 5.49. The van der Waals surface area contributed by atoms with Crippen molar-refractivity contribution in [3.63, 3.8) is 0 Å². The first kappa shape index (κ1) is 18.3. The van der Waals surface area contributed by atoms with Crippen LogP contribution in [0.3, 0.4) is 0 Å². The van der Waals surface area contributed by atoms with E-state index < -0.39 is 18.6 Å². The van der Waals surface area contributed by atoms with Gasteiger partial charge in [-0.05, 0) is 30.4 Å². The van der Waals surface area contributed by atoms with E-state index in [1.807, 2.05) is 6.07 Å². The highest BCUT2D eigenvalue weighted by Crippen LogP contribution is 2.22. The van der Waals surface area contributed by atoms with Gasteiger partial charge in [-0.1, -0.05) is 30.3 Å². The lowest BCUT2D eigenvalue weighted by Gasteiger charge is -2.28. The summed E-state index contributed by atoms with van der Waals surface area (Å²) in [5, 5.41) is 9.80. The molecule has 0 saturated heterocycles. The molecule has 8 heteroatoms. The maximum Gasteiger partial charge on any atom is 0.390 e. The van der Waals surface area contributed by atoms with Crippen molar-refractivity contribution in [2.45, 2.75) is 44.4 Å². The number of rotatable bonds is 5. The number of fused-ring (bicyclic) bond motifs is 1. The second-order valence-electron chi connectivity index (χ2n) is 6.54. The first-order valence-electron chi connectivity index (χ1n) is 8.58. The Morgan fingerprint density at radius 1 is 1.31 bits per heavy atom. The highest BCUT2D eigenvalue weighted by molar-refractivity contribution is 5.74. The number of nitrogens with one attached hydrogen (secondary N) is 2. The number of carbonyl (C=O) groups excluding carboxylic acids is 1. The van der Waals surface area contributed by atoms with Crippen molar-refractivity contribution in [2.24, 2.45) is 0 Å². The molecule has 0 radical (unpaired) electrons. The van der Waals surface area contributed by atoms with E-state index in [0.29, 0.717) is 6.42 Å². The van der Waals surface area contributed by atoms with Crippen LogP contribution in [0, 0.1) is 0 Å². The number of aromatic nitrogens is 2. The molecule has 5 nitrogen and oxygen atoms in total. The highest BCUT2D eigenvalue weighted by Gasteiger charge is 2.30. The van der Waals surface area contributed by atoms with Crippen molar-refractivity contribution in [1.82, 2.24) is 20.4 Å².